The normalized spacial score (nSPS) is 25.1. The maximum Gasteiger partial charge on any atom is 0.0589 e. The van der Waals surface area contributed by atoms with E-state index in [0.29, 0.717) is 18.0 Å². The summed E-state index contributed by atoms with van der Waals surface area (Å²) in [5.41, 5.74) is 0. The third-order valence-electron chi connectivity index (χ3n) is 4.40. The zero-order valence-corrected chi connectivity index (χ0v) is 13.9. The number of methoxy groups -OCH3 is 1. The van der Waals surface area contributed by atoms with Crippen LogP contribution in [0.15, 0.2) is 0 Å². The zero-order chi connectivity index (χ0) is 14.8. The molecule has 3 atom stereocenters. The third kappa shape index (κ3) is 6.08. The Morgan fingerprint density at radius 3 is 2.85 bits per heavy atom. The molecule has 4 nitrogen and oxygen atoms in total. The van der Waals surface area contributed by atoms with Crippen molar-refractivity contribution in [3.8, 4) is 0 Å². The molecule has 4 heteroatoms. The van der Waals surface area contributed by atoms with Gasteiger partial charge in [0.2, 0.25) is 0 Å². The van der Waals surface area contributed by atoms with Crippen LogP contribution in [0.25, 0.3) is 0 Å². The van der Waals surface area contributed by atoms with E-state index in [9.17, 15) is 0 Å². The van der Waals surface area contributed by atoms with Crippen molar-refractivity contribution in [3.63, 3.8) is 0 Å². The Hall–Kier alpha value is -0.160. The summed E-state index contributed by atoms with van der Waals surface area (Å²) in [5, 5.41) is 3.70. The average Bonchev–Trinajstić information content (AvgIpc) is 2.49. The summed E-state index contributed by atoms with van der Waals surface area (Å²) in [4.78, 5) is 2.56. The number of nitrogens with one attached hydrogen (secondary N) is 1. The molecule has 120 valence electrons. The van der Waals surface area contributed by atoms with E-state index in [2.05, 4.69) is 31.0 Å². The van der Waals surface area contributed by atoms with Gasteiger partial charge >= 0.3 is 0 Å². The highest BCUT2D eigenvalue weighted by Crippen LogP contribution is 2.18. The van der Waals surface area contributed by atoms with Crippen molar-refractivity contribution in [3.05, 3.63) is 0 Å². The first-order chi connectivity index (χ1) is 9.72. The Morgan fingerprint density at radius 1 is 1.40 bits per heavy atom. The minimum absolute atomic E-state index is 0.598. The molecule has 0 aromatic heterocycles. The fraction of sp³-hybridized carbons (Fsp3) is 1.00. The molecule has 0 saturated carbocycles. The summed E-state index contributed by atoms with van der Waals surface area (Å²) in [5.74, 6) is 0.598. The lowest BCUT2D eigenvalue weighted by Crippen LogP contribution is -2.50. The van der Waals surface area contributed by atoms with Crippen LogP contribution >= 0.6 is 0 Å². The Labute approximate surface area is 125 Å². The van der Waals surface area contributed by atoms with E-state index in [1.165, 1.54) is 12.8 Å². The van der Waals surface area contributed by atoms with Crippen LogP contribution < -0.4 is 5.32 Å². The van der Waals surface area contributed by atoms with Gasteiger partial charge in [0.1, 0.15) is 0 Å². The van der Waals surface area contributed by atoms with Gasteiger partial charge in [0, 0.05) is 44.8 Å². The molecule has 0 amide bonds. The molecule has 0 bridgehead atoms. The topological polar surface area (TPSA) is 33.7 Å². The summed E-state index contributed by atoms with van der Waals surface area (Å²) < 4.78 is 11.0. The van der Waals surface area contributed by atoms with Crippen LogP contribution in [0.1, 0.15) is 40.0 Å². The lowest BCUT2D eigenvalue weighted by atomic mass is 9.94. The van der Waals surface area contributed by atoms with Gasteiger partial charge in [-0.3, -0.25) is 4.90 Å². The van der Waals surface area contributed by atoms with Crippen molar-refractivity contribution >= 4 is 0 Å². The van der Waals surface area contributed by atoms with Crippen LogP contribution in [0, 0.1) is 5.92 Å². The third-order valence-corrected chi connectivity index (χ3v) is 4.40. The van der Waals surface area contributed by atoms with Gasteiger partial charge in [-0.15, -0.1) is 0 Å². The van der Waals surface area contributed by atoms with Crippen LogP contribution in [-0.4, -0.2) is 63.5 Å². The average molecular weight is 286 g/mol. The molecule has 1 fully saturated rings. The van der Waals surface area contributed by atoms with Crippen molar-refractivity contribution in [2.24, 2.45) is 5.92 Å². The fourth-order valence-corrected chi connectivity index (χ4v) is 2.83. The molecule has 0 radical (unpaired) electrons. The van der Waals surface area contributed by atoms with E-state index < -0.39 is 0 Å². The fourth-order valence-electron chi connectivity index (χ4n) is 2.83. The van der Waals surface area contributed by atoms with Gasteiger partial charge in [-0.25, -0.2) is 0 Å². The number of hydrogen-bond acceptors (Lipinski definition) is 4. The van der Waals surface area contributed by atoms with E-state index in [0.717, 1.165) is 45.9 Å². The molecule has 1 rings (SSSR count). The molecule has 0 aromatic rings. The smallest absolute Gasteiger partial charge is 0.0589 e. The first-order valence-corrected chi connectivity index (χ1v) is 8.27. The van der Waals surface area contributed by atoms with Gasteiger partial charge < -0.3 is 14.8 Å². The van der Waals surface area contributed by atoms with E-state index in [1.807, 2.05) is 0 Å². The highest BCUT2D eigenvalue weighted by molar-refractivity contribution is 4.83. The Morgan fingerprint density at radius 2 is 2.20 bits per heavy atom. The number of rotatable bonds is 10. The second-order valence-corrected chi connectivity index (χ2v) is 5.93. The molecular weight excluding hydrogens is 252 g/mol. The molecule has 1 heterocycles. The molecule has 0 spiro atoms. The number of ether oxygens (including phenoxy) is 2. The minimum atomic E-state index is 0.598. The van der Waals surface area contributed by atoms with Gasteiger partial charge in [-0.1, -0.05) is 13.8 Å². The minimum Gasteiger partial charge on any atom is -0.383 e. The van der Waals surface area contributed by atoms with Crippen LogP contribution in [0.5, 0.6) is 0 Å². The van der Waals surface area contributed by atoms with E-state index >= 15 is 0 Å². The van der Waals surface area contributed by atoms with Gasteiger partial charge in [0.15, 0.2) is 0 Å². The quantitative estimate of drug-likeness (QED) is 0.667. The van der Waals surface area contributed by atoms with Gasteiger partial charge in [-0.2, -0.15) is 0 Å². The second kappa shape index (κ2) is 10.6. The maximum atomic E-state index is 5.71. The van der Waals surface area contributed by atoms with Gasteiger partial charge in [0.25, 0.3) is 0 Å². The molecule has 1 aliphatic heterocycles. The molecule has 3 unspecified atom stereocenters. The molecule has 1 N–H and O–H groups in total. The molecule has 1 saturated heterocycles. The van der Waals surface area contributed by atoms with Gasteiger partial charge in [-0.05, 0) is 32.7 Å². The number of nitrogens with zero attached hydrogens (tertiary/aromatic N) is 1. The standard InChI is InChI=1S/C16H34N2O2/c1-5-8-17-16-7-10-20-13-15(16)12-18(9-11-19-4)14(3)6-2/h14-17H,5-13H2,1-4H3. The molecule has 0 aliphatic carbocycles. The number of hydrogen-bond donors (Lipinski definition) is 1. The predicted molar refractivity (Wildman–Crippen MR) is 84.2 cm³/mol. The predicted octanol–water partition coefficient (Wildman–Crippen LogP) is 2.14. The van der Waals surface area contributed by atoms with Crippen molar-refractivity contribution in [1.82, 2.24) is 10.2 Å². The van der Waals surface area contributed by atoms with Crippen LogP contribution in [0.2, 0.25) is 0 Å². The lowest BCUT2D eigenvalue weighted by molar-refractivity contribution is 0.00644. The Bertz CT molecular complexity index is 239. The SMILES string of the molecule is CCCNC1CCOCC1CN(CCOC)C(C)CC. The van der Waals surface area contributed by atoms with E-state index in [1.54, 1.807) is 7.11 Å². The molecule has 20 heavy (non-hydrogen) atoms. The Kier molecular flexibility index (Phi) is 9.44. The maximum absolute atomic E-state index is 5.71. The van der Waals surface area contributed by atoms with Crippen molar-refractivity contribution in [2.75, 3.05) is 46.6 Å². The summed E-state index contributed by atoms with van der Waals surface area (Å²) in [6.07, 6.45) is 3.52. The Balaban J connectivity index is 2.53. The monoisotopic (exact) mass is 286 g/mol. The first-order valence-electron chi connectivity index (χ1n) is 8.27. The van der Waals surface area contributed by atoms with Crippen LogP contribution in [-0.2, 0) is 9.47 Å². The van der Waals surface area contributed by atoms with Crippen LogP contribution in [0.3, 0.4) is 0 Å². The highest BCUT2D eigenvalue weighted by Gasteiger charge is 2.28. The highest BCUT2D eigenvalue weighted by atomic mass is 16.5. The summed E-state index contributed by atoms with van der Waals surface area (Å²) in [7, 11) is 1.78. The summed E-state index contributed by atoms with van der Waals surface area (Å²) in [6, 6.07) is 1.22. The van der Waals surface area contributed by atoms with Crippen molar-refractivity contribution in [1.29, 1.82) is 0 Å². The van der Waals surface area contributed by atoms with Crippen molar-refractivity contribution in [2.45, 2.75) is 52.1 Å². The van der Waals surface area contributed by atoms with E-state index in [-0.39, 0.29) is 0 Å². The zero-order valence-electron chi connectivity index (χ0n) is 13.9. The first kappa shape index (κ1) is 17.9. The van der Waals surface area contributed by atoms with E-state index in [4.69, 9.17) is 9.47 Å². The largest absolute Gasteiger partial charge is 0.383 e. The van der Waals surface area contributed by atoms with Crippen molar-refractivity contribution < 1.29 is 9.47 Å². The summed E-state index contributed by atoms with van der Waals surface area (Å²) in [6.45, 7) is 12.6. The van der Waals surface area contributed by atoms with Crippen LogP contribution in [0.4, 0.5) is 0 Å². The van der Waals surface area contributed by atoms with Gasteiger partial charge in [0.05, 0.1) is 13.2 Å². The lowest BCUT2D eigenvalue weighted by Gasteiger charge is -2.38. The molecule has 1 aliphatic rings. The molecular formula is C16H34N2O2. The second-order valence-electron chi connectivity index (χ2n) is 5.93. The summed E-state index contributed by atoms with van der Waals surface area (Å²) >= 11 is 0. The molecule has 0 aromatic carbocycles.